The highest BCUT2D eigenvalue weighted by Crippen LogP contribution is 2.61. The minimum atomic E-state index is 0.173. The van der Waals surface area contributed by atoms with E-state index in [1.54, 1.807) is 5.56 Å². The third-order valence-corrected chi connectivity index (χ3v) is 13.0. The Bertz CT molecular complexity index is 2450. The highest BCUT2D eigenvalue weighted by molar-refractivity contribution is 5.85. The van der Waals surface area contributed by atoms with Gasteiger partial charge in [0.1, 0.15) is 0 Å². The van der Waals surface area contributed by atoms with Crippen molar-refractivity contribution in [2.24, 2.45) is 0 Å². The molecule has 0 radical (unpaired) electrons. The van der Waals surface area contributed by atoms with Gasteiger partial charge in [-0.15, -0.1) is 0 Å². The molecule has 0 saturated heterocycles. The van der Waals surface area contributed by atoms with Crippen LogP contribution in [0.25, 0.3) is 66.9 Å². The normalized spacial score (nSPS) is 18.3. The number of benzene rings is 6. The highest BCUT2D eigenvalue weighted by atomic mass is 15.1. The molecule has 54 heavy (non-hydrogen) atoms. The van der Waals surface area contributed by atoms with Gasteiger partial charge in [0.05, 0.1) is 11.0 Å². The Kier molecular flexibility index (Phi) is 8.90. The molecule has 9 rings (SSSR count). The molecule has 1 saturated carbocycles. The van der Waals surface area contributed by atoms with Crippen LogP contribution < -0.4 is 4.57 Å². The molecule has 6 aromatic carbocycles. The number of hydrogen-bond donors (Lipinski definition) is 0. The molecule has 2 aliphatic rings. The molecule has 2 atom stereocenters. The first-order chi connectivity index (χ1) is 26.6. The Morgan fingerprint density at radius 2 is 1.00 bits per heavy atom. The minimum Gasteiger partial charge on any atom is -0.192 e. The van der Waals surface area contributed by atoms with Crippen molar-refractivity contribution >= 4 is 0 Å². The molecule has 2 heterocycles. The van der Waals surface area contributed by atoms with Gasteiger partial charge in [0.15, 0.2) is 11.7 Å². The second-order valence-corrected chi connectivity index (χ2v) is 15.7. The first-order valence-corrected chi connectivity index (χ1v) is 20.2. The summed E-state index contributed by atoms with van der Waals surface area (Å²) in [6.45, 7) is 7.05. The van der Waals surface area contributed by atoms with E-state index in [-0.39, 0.29) is 11.0 Å². The molecule has 266 valence electrons. The van der Waals surface area contributed by atoms with E-state index in [0.717, 1.165) is 12.8 Å². The Hall–Kier alpha value is -5.53. The van der Waals surface area contributed by atoms with E-state index in [0.29, 0.717) is 0 Å². The fraction of sp³-hybridized carbons (Fsp3) is 0.226. The van der Waals surface area contributed by atoms with Crippen molar-refractivity contribution in [3.05, 3.63) is 175 Å². The minimum absolute atomic E-state index is 0.173. The van der Waals surface area contributed by atoms with Crippen LogP contribution >= 0.6 is 0 Å². The quantitative estimate of drug-likeness (QED) is 0.125. The monoisotopic (exact) mass is 700 g/mol. The Labute approximate surface area is 322 Å². The van der Waals surface area contributed by atoms with Crippen molar-refractivity contribution in [2.75, 3.05) is 0 Å². The van der Waals surface area contributed by atoms with E-state index in [1.165, 1.54) is 105 Å². The summed E-state index contributed by atoms with van der Waals surface area (Å²) in [6.07, 6.45) is 10.8. The zero-order chi connectivity index (χ0) is 36.7. The predicted octanol–water partition coefficient (Wildman–Crippen LogP) is 13.9. The predicted molar refractivity (Wildman–Crippen MR) is 227 cm³/mol. The molecular weight excluding hydrogens is 651 g/mol. The number of pyridine rings is 1. The molecule has 1 aromatic heterocycles. The van der Waals surface area contributed by atoms with Crippen LogP contribution in [0.4, 0.5) is 0 Å². The summed E-state index contributed by atoms with van der Waals surface area (Å²) < 4.78 is 2.64. The lowest BCUT2D eigenvalue weighted by atomic mass is 9.47. The highest BCUT2D eigenvalue weighted by Gasteiger charge is 2.68. The van der Waals surface area contributed by atoms with E-state index in [2.05, 4.69) is 189 Å². The van der Waals surface area contributed by atoms with E-state index < -0.39 is 0 Å². The Balaban J connectivity index is 1.12. The van der Waals surface area contributed by atoms with Gasteiger partial charge in [-0.05, 0) is 135 Å². The molecule has 0 N–H and O–H groups in total. The van der Waals surface area contributed by atoms with Gasteiger partial charge in [-0.1, -0.05) is 130 Å². The number of hydrogen-bond acceptors (Lipinski definition) is 0. The van der Waals surface area contributed by atoms with Crippen molar-refractivity contribution in [1.29, 1.82) is 0 Å². The van der Waals surface area contributed by atoms with E-state index in [4.69, 9.17) is 0 Å². The largest absolute Gasteiger partial charge is 0.213 e. The number of fused-ring (bicyclic) bond motifs is 6. The van der Waals surface area contributed by atoms with Crippen LogP contribution in [0.15, 0.2) is 164 Å². The zero-order valence-electron chi connectivity index (χ0n) is 32.0. The standard InChI is InChI=1S/C53H50N/c1-4-7-15-38-23-25-40(26-24-38)41-18-13-20-43(32-41)47-34-46(39-16-9-8-10-17-39)35-48(36-47)44-21-14-19-42(33-44)45-27-28-50-49(37-45)51-22-11-12-31-54(51)53(6-3)30-29-52(50,53)5-2/h8-14,16-28,31-37H,4-7,15,29-30H2,1-3H3/q+1. The molecule has 0 amide bonds. The number of aromatic nitrogens is 1. The summed E-state index contributed by atoms with van der Waals surface area (Å²) in [5.74, 6) is 0. The smallest absolute Gasteiger partial charge is 0.192 e. The van der Waals surface area contributed by atoms with E-state index >= 15 is 0 Å². The lowest BCUT2D eigenvalue weighted by Crippen LogP contribution is -2.75. The van der Waals surface area contributed by atoms with Crippen molar-refractivity contribution in [1.82, 2.24) is 0 Å². The van der Waals surface area contributed by atoms with E-state index in [1.807, 2.05) is 0 Å². The average Bonchev–Trinajstić information content (AvgIpc) is 3.24. The molecule has 1 heteroatoms. The Morgan fingerprint density at radius 3 is 1.61 bits per heavy atom. The van der Waals surface area contributed by atoms with Crippen LogP contribution in [-0.2, 0) is 17.4 Å². The molecule has 1 aliphatic heterocycles. The van der Waals surface area contributed by atoms with Gasteiger partial charge in [-0.3, -0.25) is 0 Å². The maximum absolute atomic E-state index is 2.64. The van der Waals surface area contributed by atoms with Gasteiger partial charge < -0.3 is 0 Å². The number of nitrogens with zero attached hydrogens (tertiary/aromatic N) is 1. The van der Waals surface area contributed by atoms with Gasteiger partial charge in [0.2, 0.25) is 5.69 Å². The van der Waals surface area contributed by atoms with Crippen LogP contribution in [-0.4, -0.2) is 0 Å². The summed E-state index contributed by atoms with van der Waals surface area (Å²) in [4.78, 5) is 0. The van der Waals surface area contributed by atoms with Crippen LogP contribution in [0.2, 0.25) is 0 Å². The maximum Gasteiger partial charge on any atom is 0.213 e. The maximum atomic E-state index is 2.64. The lowest BCUT2D eigenvalue weighted by Gasteiger charge is -2.57. The second kappa shape index (κ2) is 14.0. The second-order valence-electron chi connectivity index (χ2n) is 15.7. The van der Waals surface area contributed by atoms with Gasteiger partial charge in [0, 0.05) is 25.0 Å². The van der Waals surface area contributed by atoms with Crippen molar-refractivity contribution in [3.8, 4) is 66.9 Å². The fourth-order valence-electron chi connectivity index (χ4n) is 9.98. The molecule has 0 bridgehead atoms. The SMILES string of the molecule is CCCCc1ccc(-c2cccc(-c3cc(-c4ccccc4)cc(-c4cccc(-c5ccc6c(c5)-c5cccc[n+]5C5(CC)CCC65CC)c4)c3)c2)cc1. The summed E-state index contributed by atoms with van der Waals surface area (Å²) in [5.41, 5.74) is 18.5. The van der Waals surface area contributed by atoms with Crippen LogP contribution in [0.3, 0.4) is 0 Å². The first-order valence-electron chi connectivity index (χ1n) is 20.2. The van der Waals surface area contributed by atoms with Gasteiger partial charge in [0.25, 0.3) is 0 Å². The Morgan fingerprint density at radius 1 is 0.463 bits per heavy atom. The summed E-state index contributed by atoms with van der Waals surface area (Å²) >= 11 is 0. The molecule has 1 fully saturated rings. The number of aryl methyl sites for hydroxylation is 1. The third-order valence-electron chi connectivity index (χ3n) is 13.0. The van der Waals surface area contributed by atoms with Crippen LogP contribution in [0.1, 0.15) is 70.4 Å². The molecule has 0 spiro atoms. The molecule has 7 aromatic rings. The third kappa shape index (κ3) is 5.64. The van der Waals surface area contributed by atoms with Crippen LogP contribution in [0.5, 0.6) is 0 Å². The number of rotatable bonds is 10. The van der Waals surface area contributed by atoms with Gasteiger partial charge in [-0.2, -0.15) is 4.57 Å². The summed E-state index contributed by atoms with van der Waals surface area (Å²) in [7, 11) is 0. The molecule has 1 nitrogen and oxygen atoms in total. The number of unbranched alkanes of at least 4 members (excludes halogenated alkanes) is 1. The van der Waals surface area contributed by atoms with Crippen molar-refractivity contribution < 1.29 is 4.57 Å². The van der Waals surface area contributed by atoms with Gasteiger partial charge >= 0.3 is 0 Å². The van der Waals surface area contributed by atoms with Crippen molar-refractivity contribution in [2.45, 2.75) is 76.7 Å². The zero-order valence-corrected chi connectivity index (χ0v) is 32.0. The molecule has 1 aliphatic carbocycles. The fourth-order valence-corrected chi connectivity index (χ4v) is 9.98. The first kappa shape index (κ1) is 34.3. The van der Waals surface area contributed by atoms with E-state index in [9.17, 15) is 0 Å². The molecule has 2 unspecified atom stereocenters. The summed E-state index contributed by atoms with van der Waals surface area (Å²) in [5, 5.41) is 0. The van der Waals surface area contributed by atoms with Gasteiger partial charge in [-0.25, -0.2) is 0 Å². The molecular formula is C53H50N+. The van der Waals surface area contributed by atoms with Crippen molar-refractivity contribution in [3.63, 3.8) is 0 Å². The topological polar surface area (TPSA) is 3.88 Å². The van der Waals surface area contributed by atoms with Crippen LogP contribution in [0, 0.1) is 0 Å². The average molecular weight is 701 g/mol. The lowest BCUT2D eigenvalue weighted by molar-refractivity contribution is -0.783. The summed E-state index contributed by atoms with van der Waals surface area (Å²) in [6, 6.07) is 59.4.